The van der Waals surface area contributed by atoms with Crippen molar-refractivity contribution in [2.45, 2.75) is 25.4 Å². The summed E-state index contributed by atoms with van der Waals surface area (Å²) >= 11 is 0. The van der Waals surface area contributed by atoms with Crippen molar-refractivity contribution in [3.05, 3.63) is 118 Å². The Labute approximate surface area is 269 Å². The summed E-state index contributed by atoms with van der Waals surface area (Å²) in [7, 11) is 3.08. The van der Waals surface area contributed by atoms with Crippen molar-refractivity contribution in [3.63, 3.8) is 0 Å². The van der Waals surface area contributed by atoms with Gasteiger partial charge in [0, 0.05) is 56.6 Å². The van der Waals surface area contributed by atoms with Crippen LogP contribution in [-0.2, 0) is 24.1 Å². The highest BCUT2D eigenvalue weighted by molar-refractivity contribution is 6.07. The maximum absolute atomic E-state index is 13.8. The van der Waals surface area contributed by atoms with Crippen LogP contribution < -0.4 is 20.9 Å². The summed E-state index contributed by atoms with van der Waals surface area (Å²) in [5, 5.41) is 0. The lowest BCUT2D eigenvalue weighted by molar-refractivity contribution is 0.0342. The maximum Gasteiger partial charge on any atom is 0.221 e. The molecule has 2 aliphatic heterocycles. The molecule has 6 rings (SSSR count). The van der Waals surface area contributed by atoms with Crippen LogP contribution in [0.25, 0.3) is 0 Å². The number of carbonyl (C=O) groups excluding carboxylic acids is 1. The molecular weight excluding hydrogens is 580 g/mol. The van der Waals surface area contributed by atoms with Crippen LogP contribution in [0, 0.1) is 0 Å². The lowest BCUT2D eigenvalue weighted by atomic mass is 9.88. The topological polar surface area (TPSA) is 129 Å². The van der Waals surface area contributed by atoms with Crippen LogP contribution in [-0.4, -0.2) is 72.6 Å². The number of fused-ring (bicyclic) bond motifs is 1. The lowest BCUT2D eigenvalue weighted by Gasteiger charge is -2.37. The molecule has 1 aromatic heterocycles. The molecule has 1 saturated heterocycles. The van der Waals surface area contributed by atoms with Gasteiger partial charge in [-0.2, -0.15) is 4.98 Å². The van der Waals surface area contributed by atoms with E-state index < -0.39 is 0 Å². The zero-order valence-electron chi connectivity index (χ0n) is 26.3. The average Bonchev–Trinajstić information content (AvgIpc) is 3.08. The van der Waals surface area contributed by atoms with Gasteiger partial charge in [-0.1, -0.05) is 48.5 Å². The summed E-state index contributed by atoms with van der Waals surface area (Å²) in [4.78, 5) is 26.6. The number of methoxy groups -OCH3 is 2. The van der Waals surface area contributed by atoms with Gasteiger partial charge in [-0.3, -0.25) is 9.69 Å². The van der Waals surface area contributed by atoms with E-state index in [4.69, 9.17) is 25.7 Å². The van der Waals surface area contributed by atoms with E-state index in [0.29, 0.717) is 34.9 Å². The van der Waals surface area contributed by atoms with Crippen LogP contribution in [0.3, 0.4) is 0 Å². The first-order chi connectivity index (χ1) is 22.4. The normalized spacial score (nSPS) is 16.7. The van der Waals surface area contributed by atoms with Gasteiger partial charge in [0.2, 0.25) is 5.95 Å². The number of morpholine rings is 1. The number of nitrogens with zero attached hydrogens (tertiary/aromatic N) is 4. The Bertz CT molecular complexity index is 1720. The molecule has 1 fully saturated rings. The highest BCUT2D eigenvalue weighted by atomic mass is 16.5. The van der Waals surface area contributed by atoms with Gasteiger partial charge >= 0.3 is 0 Å². The first-order valence-electron chi connectivity index (χ1n) is 15.5. The van der Waals surface area contributed by atoms with E-state index in [-0.39, 0.29) is 17.8 Å². The third-order valence-electron chi connectivity index (χ3n) is 8.66. The number of benzene rings is 3. The van der Waals surface area contributed by atoms with Crippen molar-refractivity contribution in [1.29, 1.82) is 0 Å². The zero-order valence-corrected chi connectivity index (χ0v) is 26.3. The van der Waals surface area contributed by atoms with Crippen LogP contribution in [0.2, 0.25) is 0 Å². The van der Waals surface area contributed by atoms with Crippen LogP contribution in [0.1, 0.15) is 49.8 Å². The second-order valence-corrected chi connectivity index (χ2v) is 11.6. The number of carbonyl (C=O) groups is 1. The van der Waals surface area contributed by atoms with E-state index in [1.54, 1.807) is 25.4 Å². The van der Waals surface area contributed by atoms with Crippen molar-refractivity contribution in [2.75, 3.05) is 58.5 Å². The van der Waals surface area contributed by atoms with Gasteiger partial charge < -0.3 is 30.6 Å². The number of aromatic nitrogens is 2. The molecule has 10 nitrogen and oxygen atoms in total. The van der Waals surface area contributed by atoms with Crippen LogP contribution in [0.15, 0.2) is 79.1 Å². The highest BCUT2D eigenvalue weighted by Crippen LogP contribution is 2.37. The Kier molecular flexibility index (Phi) is 9.46. The Balaban J connectivity index is 1.28. The van der Waals surface area contributed by atoms with E-state index in [1.807, 2.05) is 12.3 Å². The summed E-state index contributed by atoms with van der Waals surface area (Å²) in [6.45, 7) is 5.16. The summed E-state index contributed by atoms with van der Waals surface area (Å²) in [6, 6.07) is 21.0. The van der Waals surface area contributed by atoms with E-state index in [0.717, 1.165) is 51.4 Å². The minimum Gasteiger partial charge on any atom is -0.493 e. The Morgan fingerprint density at radius 1 is 1.00 bits per heavy atom. The third kappa shape index (κ3) is 6.83. The van der Waals surface area contributed by atoms with Crippen LogP contribution in [0.5, 0.6) is 11.5 Å². The maximum atomic E-state index is 13.8. The van der Waals surface area contributed by atoms with Gasteiger partial charge in [-0.05, 0) is 46.4 Å². The summed E-state index contributed by atoms with van der Waals surface area (Å²) in [5.74, 6) is 1.03. The van der Waals surface area contributed by atoms with Crippen molar-refractivity contribution >= 4 is 17.5 Å². The fourth-order valence-corrected chi connectivity index (χ4v) is 6.29. The van der Waals surface area contributed by atoms with E-state index in [9.17, 15) is 4.79 Å². The molecule has 3 aromatic carbocycles. The highest BCUT2D eigenvalue weighted by Gasteiger charge is 2.27. The fraction of sp³-hybridized carbons (Fsp3) is 0.306. The van der Waals surface area contributed by atoms with E-state index in [1.165, 1.54) is 29.4 Å². The molecule has 0 bridgehead atoms. The van der Waals surface area contributed by atoms with Gasteiger partial charge in [0.15, 0.2) is 17.3 Å². The SMILES string of the molecule is COc1cc(Cc2cnc(N)nc2N)cc(C(=O)/C=C/N2CCc3ccccc3C2c2ccc(CN3CCOCC3)cc2)c1OC. The Morgan fingerprint density at radius 2 is 1.78 bits per heavy atom. The summed E-state index contributed by atoms with van der Waals surface area (Å²) in [5.41, 5.74) is 18.7. The van der Waals surface area contributed by atoms with Gasteiger partial charge in [-0.25, -0.2) is 4.98 Å². The minimum atomic E-state index is -0.197. The molecule has 4 N–H and O–H groups in total. The van der Waals surface area contributed by atoms with Gasteiger partial charge in [-0.15, -0.1) is 0 Å². The number of hydrogen-bond donors (Lipinski definition) is 2. The second-order valence-electron chi connectivity index (χ2n) is 11.6. The monoisotopic (exact) mass is 620 g/mol. The summed E-state index contributed by atoms with van der Waals surface area (Å²) < 4.78 is 16.8. The van der Waals surface area contributed by atoms with Crippen LogP contribution >= 0.6 is 0 Å². The first-order valence-corrected chi connectivity index (χ1v) is 15.5. The fourth-order valence-electron chi connectivity index (χ4n) is 6.29. The molecule has 0 saturated carbocycles. The molecule has 0 spiro atoms. The largest absolute Gasteiger partial charge is 0.493 e. The number of nitrogen functional groups attached to an aromatic ring is 2. The Hall–Kier alpha value is -4.93. The van der Waals surface area contributed by atoms with Crippen LogP contribution in [0.4, 0.5) is 11.8 Å². The standard InChI is InChI=1S/C36H40N6O4/c1-44-32-21-25(19-28-22-39-36(38)40-35(28)37)20-30(34(32)45-2)31(43)12-14-42-13-11-26-5-3-4-6-29(26)33(42)27-9-7-24(8-10-27)23-41-15-17-46-18-16-41/h3-10,12,14,20-22,33H,11,13,15-19,23H2,1-2H3,(H4,37,38,39,40)/b14-12+. The van der Waals surface area contributed by atoms with Gasteiger partial charge in [0.25, 0.3) is 0 Å². The van der Waals surface area contributed by atoms with Crippen molar-refractivity contribution < 1.29 is 19.0 Å². The third-order valence-corrected chi connectivity index (χ3v) is 8.66. The number of ether oxygens (including phenoxy) is 3. The molecule has 4 aromatic rings. The molecule has 3 heterocycles. The minimum absolute atomic E-state index is 0.0253. The molecule has 238 valence electrons. The van der Waals surface area contributed by atoms with Gasteiger partial charge in [0.1, 0.15) is 5.82 Å². The lowest BCUT2D eigenvalue weighted by Crippen LogP contribution is -2.35. The number of anilines is 2. The molecule has 10 heteroatoms. The Morgan fingerprint density at radius 3 is 2.52 bits per heavy atom. The van der Waals surface area contributed by atoms with E-state index >= 15 is 0 Å². The molecule has 2 aliphatic rings. The van der Waals surface area contributed by atoms with Crippen molar-refractivity contribution in [1.82, 2.24) is 19.8 Å². The second kappa shape index (κ2) is 14.0. The average molecular weight is 621 g/mol. The summed E-state index contributed by atoms with van der Waals surface area (Å²) in [6.07, 6.45) is 6.41. The number of nitrogens with two attached hydrogens (primary N) is 2. The van der Waals surface area contributed by atoms with E-state index in [2.05, 4.69) is 68.3 Å². The molecule has 1 unspecified atom stereocenters. The molecule has 0 radical (unpaired) electrons. The number of rotatable bonds is 10. The molecule has 46 heavy (non-hydrogen) atoms. The quantitative estimate of drug-likeness (QED) is 0.194. The number of ketones is 1. The smallest absolute Gasteiger partial charge is 0.221 e. The van der Waals surface area contributed by atoms with Crippen molar-refractivity contribution in [2.24, 2.45) is 0 Å². The predicted molar refractivity (Wildman–Crippen MR) is 178 cm³/mol. The zero-order chi connectivity index (χ0) is 32.0. The molecule has 0 aliphatic carbocycles. The predicted octanol–water partition coefficient (Wildman–Crippen LogP) is 4.43. The molecular formula is C36H40N6O4. The van der Waals surface area contributed by atoms with Crippen molar-refractivity contribution in [3.8, 4) is 11.5 Å². The molecule has 0 amide bonds. The first kappa shape index (κ1) is 31.1. The molecule has 1 atom stereocenters. The number of allylic oxidation sites excluding steroid dienone is 1. The number of hydrogen-bond acceptors (Lipinski definition) is 10. The van der Waals surface area contributed by atoms with Gasteiger partial charge in [0.05, 0.1) is 39.0 Å².